The van der Waals surface area contributed by atoms with Crippen LogP contribution in [0.5, 0.6) is 23.0 Å². The summed E-state index contributed by atoms with van der Waals surface area (Å²) in [6.45, 7) is 6.38. The largest absolute Gasteiger partial charge is 0.496 e. The van der Waals surface area contributed by atoms with E-state index in [0.29, 0.717) is 22.4 Å². The first-order valence-electron chi connectivity index (χ1n) is 10.5. The summed E-state index contributed by atoms with van der Waals surface area (Å²) in [6, 6.07) is 18.9. The van der Waals surface area contributed by atoms with E-state index in [1.165, 1.54) is 25.5 Å². The number of hydrogen-bond acceptors (Lipinski definition) is 6. The van der Waals surface area contributed by atoms with E-state index < -0.39 is 5.97 Å². The van der Waals surface area contributed by atoms with Gasteiger partial charge < -0.3 is 18.6 Å². The summed E-state index contributed by atoms with van der Waals surface area (Å²) in [7, 11) is 1.48. The molecule has 0 N–H and O–H groups in total. The van der Waals surface area contributed by atoms with Crippen LogP contribution in [0.1, 0.15) is 36.7 Å². The van der Waals surface area contributed by atoms with Crippen molar-refractivity contribution in [1.82, 2.24) is 0 Å². The Kier molecular flexibility index (Phi) is 5.92. The number of rotatable bonds is 5. The zero-order chi connectivity index (χ0) is 23.6. The van der Waals surface area contributed by atoms with E-state index in [4.69, 9.17) is 18.6 Å². The molecule has 168 valence electrons. The number of methoxy groups -OCH3 is 1. The van der Waals surface area contributed by atoms with Gasteiger partial charge in [-0.25, -0.2) is 4.79 Å². The molecular formula is C27H24O6. The Morgan fingerprint density at radius 2 is 1.58 bits per heavy atom. The zero-order valence-corrected chi connectivity index (χ0v) is 18.9. The van der Waals surface area contributed by atoms with Gasteiger partial charge in [0.05, 0.1) is 12.5 Å². The second-order valence-corrected chi connectivity index (χ2v) is 8.55. The monoisotopic (exact) mass is 444 g/mol. The van der Waals surface area contributed by atoms with Crippen LogP contribution >= 0.6 is 0 Å². The third-order valence-corrected chi connectivity index (χ3v) is 5.20. The predicted molar refractivity (Wildman–Crippen MR) is 126 cm³/mol. The molecule has 6 heteroatoms. The number of fused-ring (bicyclic) bond motifs is 1. The van der Waals surface area contributed by atoms with Crippen molar-refractivity contribution < 1.29 is 23.4 Å². The van der Waals surface area contributed by atoms with E-state index in [1.54, 1.807) is 30.3 Å². The number of carbonyl (C=O) groups excluding carboxylic acids is 1. The Bertz CT molecular complexity index is 1360. The molecule has 4 aromatic rings. The number of ether oxygens (including phenoxy) is 3. The molecule has 0 bridgehead atoms. The summed E-state index contributed by atoms with van der Waals surface area (Å²) in [5.74, 6) is 0.690. The Morgan fingerprint density at radius 3 is 2.27 bits per heavy atom. The summed E-state index contributed by atoms with van der Waals surface area (Å²) in [5, 5.41) is 0.316. The van der Waals surface area contributed by atoms with Crippen LogP contribution in [0.2, 0.25) is 0 Å². The van der Waals surface area contributed by atoms with Gasteiger partial charge in [0.15, 0.2) is 0 Å². The molecule has 6 nitrogen and oxygen atoms in total. The molecular weight excluding hydrogens is 420 g/mol. The SMILES string of the molecule is COc1ccccc1C(=O)Oc1ccc2c(=O)c(Oc3ccc(C(C)(C)C)cc3)coc2c1. The summed E-state index contributed by atoms with van der Waals surface area (Å²) in [6.07, 6.45) is 1.26. The van der Waals surface area contributed by atoms with Gasteiger partial charge in [-0.2, -0.15) is 0 Å². The van der Waals surface area contributed by atoms with Crippen molar-refractivity contribution in [3.8, 4) is 23.0 Å². The van der Waals surface area contributed by atoms with Gasteiger partial charge >= 0.3 is 5.97 Å². The fraction of sp³-hybridized carbons (Fsp3) is 0.185. The fourth-order valence-electron chi connectivity index (χ4n) is 3.35. The first-order chi connectivity index (χ1) is 15.8. The van der Waals surface area contributed by atoms with E-state index in [0.717, 1.165) is 5.56 Å². The normalized spacial score (nSPS) is 11.3. The first kappa shape index (κ1) is 22.1. The van der Waals surface area contributed by atoms with Crippen LogP contribution in [-0.2, 0) is 5.41 Å². The van der Waals surface area contributed by atoms with Crippen molar-refractivity contribution in [1.29, 1.82) is 0 Å². The Balaban J connectivity index is 1.56. The van der Waals surface area contributed by atoms with Crippen molar-refractivity contribution in [3.05, 3.63) is 94.3 Å². The quantitative estimate of drug-likeness (QED) is 0.273. The van der Waals surface area contributed by atoms with Crippen molar-refractivity contribution in [2.75, 3.05) is 7.11 Å². The molecule has 4 rings (SSSR count). The lowest BCUT2D eigenvalue weighted by Crippen LogP contribution is -2.11. The Morgan fingerprint density at radius 1 is 0.879 bits per heavy atom. The number of esters is 1. The molecule has 3 aromatic carbocycles. The number of hydrogen-bond donors (Lipinski definition) is 0. The molecule has 0 unspecified atom stereocenters. The molecule has 0 fully saturated rings. The van der Waals surface area contributed by atoms with Crippen molar-refractivity contribution in [2.45, 2.75) is 26.2 Å². The van der Waals surface area contributed by atoms with Gasteiger partial charge in [0.2, 0.25) is 11.2 Å². The number of carbonyl (C=O) groups is 1. The van der Waals surface area contributed by atoms with Crippen LogP contribution in [-0.4, -0.2) is 13.1 Å². The summed E-state index contributed by atoms with van der Waals surface area (Å²) >= 11 is 0. The van der Waals surface area contributed by atoms with Crippen LogP contribution in [0.15, 0.2) is 82.2 Å². The van der Waals surface area contributed by atoms with Gasteiger partial charge in [-0.3, -0.25) is 4.79 Å². The molecule has 0 spiro atoms. The van der Waals surface area contributed by atoms with E-state index in [-0.39, 0.29) is 27.9 Å². The second kappa shape index (κ2) is 8.82. The average Bonchev–Trinajstić information content (AvgIpc) is 2.80. The molecule has 1 aromatic heterocycles. The third kappa shape index (κ3) is 4.75. The Labute approximate surface area is 191 Å². The minimum Gasteiger partial charge on any atom is -0.496 e. The second-order valence-electron chi connectivity index (χ2n) is 8.55. The topological polar surface area (TPSA) is 75.0 Å². The molecule has 0 atom stereocenters. The third-order valence-electron chi connectivity index (χ3n) is 5.20. The maximum Gasteiger partial charge on any atom is 0.347 e. The molecule has 0 saturated heterocycles. The van der Waals surface area contributed by atoms with Crippen molar-refractivity contribution in [2.24, 2.45) is 0 Å². The van der Waals surface area contributed by atoms with E-state index >= 15 is 0 Å². The smallest absolute Gasteiger partial charge is 0.347 e. The predicted octanol–water partition coefficient (Wildman–Crippen LogP) is 6.11. The zero-order valence-electron chi connectivity index (χ0n) is 18.9. The highest BCUT2D eigenvalue weighted by Crippen LogP contribution is 2.28. The lowest BCUT2D eigenvalue weighted by Gasteiger charge is -2.19. The minimum atomic E-state index is -0.576. The van der Waals surface area contributed by atoms with E-state index in [9.17, 15) is 9.59 Å². The average molecular weight is 444 g/mol. The van der Waals surface area contributed by atoms with Gasteiger partial charge in [0.1, 0.15) is 34.7 Å². The van der Waals surface area contributed by atoms with Crippen molar-refractivity contribution >= 4 is 16.9 Å². The standard InChI is InChI=1S/C27H24O6/c1-27(2,3)17-9-11-18(12-10-17)32-24-16-31-23-15-19(13-14-20(23)25(24)28)33-26(29)21-7-5-6-8-22(21)30-4/h5-16H,1-4H3. The molecule has 0 aliphatic heterocycles. The van der Waals surface area contributed by atoms with Crippen LogP contribution in [0.3, 0.4) is 0 Å². The highest BCUT2D eigenvalue weighted by Gasteiger charge is 2.17. The Hall–Kier alpha value is -4.06. The van der Waals surface area contributed by atoms with Gasteiger partial charge in [0, 0.05) is 6.07 Å². The molecule has 33 heavy (non-hydrogen) atoms. The summed E-state index contributed by atoms with van der Waals surface area (Å²) in [4.78, 5) is 25.4. The van der Waals surface area contributed by atoms with Crippen molar-refractivity contribution in [3.63, 3.8) is 0 Å². The molecule has 0 aliphatic rings. The highest BCUT2D eigenvalue weighted by atomic mass is 16.5. The van der Waals surface area contributed by atoms with Gasteiger partial charge in [0.25, 0.3) is 0 Å². The highest BCUT2D eigenvalue weighted by molar-refractivity contribution is 5.94. The van der Waals surface area contributed by atoms with E-state index in [1.807, 2.05) is 24.3 Å². The molecule has 0 saturated carbocycles. The van der Waals surface area contributed by atoms with Crippen LogP contribution in [0.4, 0.5) is 0 Å². The number of benzene rings is 3. The van der Waals surface area contributed by atoms with Gasteiger partial charge in [-0.15, -0.1) is 0 Å². The summed E-state index contributed by atoms with van der Waals surface area (Å²) in [5.41, 5.74) is 1.44. The molecule has 0 radical (unpaired) electrons. The molecule has 1 heterocycles. The molecule has 0 aliphatic carbocycles. The van der Waals surface area contributed by atoms with E-state index in [2.05, 4.69) is 20.8 Å². The lowest BCUT2D eigenvalue weighted by molar-refractivity contribution is 0.0731. The summed E-state index contributed by atoms with van der Waals surface area (Å²) < 4.78 is 22.0. The van der Waals surface area contributed by atoms with Gasteiger partial charge in [-0.05, 0) is 47.4 Å². The maximum absolute atomic E-state index is 12.9. The lowest BCUT2D eigenvalue weighted by atomic mass is 9.87. The minimum absolute atomic E-state index is 0.0211. The van der Waals surface area contributed by atoms with Gasteiger partial charge in [-0.1, -0.05) is 45.0 Å². The molecule has 0 amide bonds. The fourth-order valence-corrected chi connectivity index (χ4v) is 3.35. The van der Waals surface area contributed by atoms with Crippen LogP contribution < -0.4 is 19.6 Å². The van der Waals surface area contributed by atoms with Crippen LogP contribution in [0.25, 0.3) is 11.0 Å². The van der Waals surface area contributed by atoms with Crippen LogP contribution in [0, 0.1) is 0 Å². The maximum atomic E-state index is 12.9. The number of para-hydroxylation sites is 1. The first-order valence-corrected chi connectivity index (χ1v) is 10.5.